The van der Waals surface area contributed by atoms with Gasteiger partial charge in [0.15, 0.2) is 0 Å². The molecule has 6 heteroatoms. The molecule has 0 atom stereocenters. The van der Waals surface area contributed by atoms with Crippen molar-refractivity contribution >= 4 is 38.9 Å². The third kappa shape index (κ3) is 3.33. The fourth-order valence-corrected chi connectivity index (χ4v) is 2.27. The molecule has 0 radical (unpaired) electrons. The average molecular weight is 345 g/mol. The summed E-state index contributed by atoms with van der Waals surface area (Å²) in [6.07, 6.45) is 0. The van der Waals surface area contributed by atoms with Gasteiger partial charge in [0.2, 0.25) is 0 Å². The summed E-state index contributed by atoms with van der Waals surface area (Å²) in [4.78, 5) is 11.5. The summed E-state index contributed by atoms with van der Waals surface area (Å²) in [5.41, 5.74) is 8.96. The number of hydrogen-bond acceptors (Lipinski definition) is 4. The zero-order chi connectivity index (χ0) is 15.4. The summed E-state index contributed by atoms with van der Waals surface area (Å²) in [6.45, 7) is 0. The standard InChI is InChI=1S/C15H13BrN4O/c1-19-15(21)10-3-5-14(12(18)7-10)20-13-4-2-9(8-17)6-11(13)16/h2-7,20H,18H2,1H3,(H,19,21). The largest absolute Gasteiger partial charge is 0.397 e. The van der Waals surface area contributed by atoms with Crippen LogP contribution in [-0.4, -0.2) is 13.0 Å². The van der Waals surface area contributed by atoms with Gasteiger partial charge in [0.25, 0.3) is 5.91 Å². The van der Waals surface area contributed by atoms with E-state index >= 15 is 0 Å². The number of nitriles is 1. The molecule has 4 N–H and O–H groups in total. The van der Waals surface area contributed by atoms with Crippen LogP contribution in [0.25, 0.3) is 0 Å². The van der Waals surface area contributed by atoms with Crippen LogP contribution in [0.2, 0.25) is 0 Å². The van der Waals surface area contributed by atoms with Crippen LogP contribution >= 0.6 is 15.9 Å². The molecule has 0 aliphatic rings. The van der Waals surface area contributed by atoms with Gasteiger partial charge in [-0.15, -0.1) is 0 Å². The van der Waals surface area contributed by atoms with Crippen LogP contribution in [0.15, 0.2) is 40.9 Å². The first-order chi connectivity index (χ1) is 10.0. The first kappa shape index (κ1) is 14.9. The minimum Gasteiger partial charge on any atom is -0.397 e. The lowest BCUT2D eigenvalue weighted by Crippen LogP contribution is -2.17. The quantitative estimate of drug-likeness (QED) is 0.746. The summed E-state index contributed by atoms with van der Waals surface area (Å²) in [5.74, 6) is -0.187. The zero-order valence-corrected chi connectivity index (χ0v) is 12.9. The molecule has 0 fully saturated rings. The van der Waals surface area contributed by atoms with E-state index in [-0.39, 0.29) is 5.91 Å². The van der Waals surface area contributed by atoms with Gasteiger partial charge in [-0.05, 0) is 52.3 Å². The lowest BCUT2D eigenvalue weighted by Gasteiger charge is -2.12. The molecule has 106 valence electrons. The number of nitrogens with one attached hydrogen (secondary N) is 2. The molecule has 0 aliphatic carbocycles. The normalized spacial score (nSPS) is 9.76. The number of halogens is 1. The number of amides is 1. The van der Waals surface area contributed by atoms with E-state index in [0.29, 0.717) is 22.5 Å². The monoisotopic (exact) mass is 344 g/mol. The van der Waals surface area contributed by atoms with E-state index in [9.17, 15) is 4.79 Å². The van der Waals surface area contributed by atoms with E-state index in [2.05, 4.69) is 32.6 Å². The van der Waals surface area contributed by atoms with E-state index in [4.69, 9.17) is 11.0 Å². The molecule has 21 heavy (non-hydrogen) atoms. The number of hydrogen-bond donors (Lipinski definition) is 3. The average Bonchev–Trinajstić information content (AvgIpc) is 2.50. The van der Waals surface area contributed by atoms with E-state index in [1.54, 1.807) is 43.4 Å². The number of nitrogens with zero attached hydrogens (tertiary/aromatic N) is 1. The fraction of sp³-hybridized carbons (Fsp3) is 0.0667. The topological polar surface area (TPSA) is 90.9 Å². The second-order valence-corrected chi connectivity index (χ2v) is 5.17. The fourth-order valence-electron chi connectivity index (χ4n) is 1.79. The van der Waals surface area contributed by atoms with E-state index in [1.807, 2.05) is 0 Å². The van der Waals surface area contributed by atoms with Crippen molar-refractivity contribution in [2.45, 2.75) is 0 Å². The van der Waals surface area contributed by atoms with E-state index < -0.39 is 0 Å². The van der Waals surface area contributed by atoms with Gasteiger partial charge in [0.05, 0.1) is 28.7 Å². The minimum atomic E-state index is -0.187. The molecule has 0 aliphatic heterocycles. The summed E-state index contributed by atoms with van der Waals surface area (Å²) >= 11 is 3.40. The molecule has 0 heterocycles. The van der Waals surface area contributed by atoms with Crippen LogP contribution in [0, 0.1) is 11.3 Å². The SMILES string of the molecule is CNC(=O)c1ccc(Nc2ccc(C#N)cc2Br)c(N)c1. The Kier molecular flexibility index (Phi) is 4.45. The second-order valence-electron chi connectivity index (χ2n) is 4.31. The number of nitrogen functional groups attached to an aromatic ring is 1. The summed E-state index contributed by atoms with van der Waals surface area (Å²) in [5, 5.41) is 14.6. The molecular weight excluding hydrogens is 332 g/mol. The lowest BCUT2D eigenvalue weighted by molar-refractivity contribution is 0.0963. The van der Waals surface area contributed by atoms with Crippen LogP contribution in [0.5, 0.6) is 0 Å². The molecular formula is C15H13BrN4O. The van der Waals surface area contributed by atoms with Gasteiger partial charge in [0, 0.05) is 17.1 Å². The number of anilines is 3. The van der Waals surface area contributed by atoms with Gasteiger partial charge in [-0.1, -0.05) is 0 Å². The van der Waals surface area contributed by atoms with E-state index in [1.165, 1.54) is 0 Å². The maximum Gasteiger partial charge on any atom is 0.251 e. The lowest BCUT2D eigenvalue weighted by atomic mass is 10.1. The molecule has 0 unspecified atom stereocenters. The van der Waals surface area contributed by atoms with Crippen molar-refractivity contribution in [2.24, 2.45) is 0 Å². The zero-order valence-electron chi connectivity index (χ0n) is 11.3. The van der Waals surface area contributed by atoms with Gasteiger partial charge in [-0.3, -0.25) is 4.79 Å². The van der Waals surface area contributed by atoms with Crippen molar-refractivity contribution in [3.8, 4) is 6.07 Å². The number of nitrogens with two attached hydrogens (primary N) is 1. The molecule has 5 nitrogen and oxygen atoms in total. The van der Waals surface area contributed by atoms with Crippen LogP contribution < -0.4 is 16.4 Å². The van der Waals surface area contributed by atoms with Gasteiger partial charge in [-0.2, -0.15) is 5.26 Å². The second kappa shape index (κ2) is 6.29. The first-order valence-corrected chi connectivity index (χ1v) is 6.92. The summed E-state index contributed by atoms with van der Waals surface area (Å²) in [6, 6.07) is 12.3. The summed E-state index contributed by atoms with van der Waals surface area (Å²) in [7, 11) is 1.57. The van der Waals surface area contributed by atoms with Crippen LogP contribution in [0.1, 0.15) is 15.9 Å². The molecule has 0 bridgehead atoms. The Morgan fingerprint density at radius 1 is 1.24 bits per heavy atom. The maximum absolute atomic E-state index is 11.5. The van der Waals surface area contributed by atoms with Gasteiger partial charge < -0.3 is 16.4 Å². The van der Waals surface area contributed by atoms with Gasteiger partial charge >= 0.3 is 0 Å². The molecule has 0 saturated heterocycles. The molecule has 2 rings (SSSR count). The number of benzene rings is 2. The maximum atomic E-state index is 11.5. The Balaban J connectivity index is 2.28. The highest BCUT2D eigenvalue weighted by Gasteiger charge is 2.08. The third-order valence-electron chi connectivity index (χ3n) is 2.91. The highest BCUT2D eigenvalue weighted by atomic mass is 79.9. The molecule has 2 aromatic carbocycles. The predicted octanol–water partition coefficient (Wildman–Crippen LogP) is 3.01. The minimum absolute atomic E-state index is 0.187. The molecule has 1 amide bonds. The molecule has 0 spiro atoms. The number of carbonyl (C=O) groups excluding carboxylic acids is 1. The molecule has 2 aromatic rings. The highest BCUT2D eigenvalue weighted by Crippen LogP contribution is 2.29. The Morgan fingerprint density at radius 3 is 2.52 bits per heavy atom. The van der Waals surface area contributed by atoms with Crippen molar-refractivity contribution in [3.63, 3.8) is 0 Å². The Labute approximate surface area is 130 Å². The molecule has 0 aromatic heterocycles. The van der Waals surface area contributed by atoms with Crippen molar-refractivity contribution in [1.29, 1.82) is 5.26 Å². The Hall–Kier alpha value is -2.52. The van der Waals surface area contributed by atoms with Crippen molar-refractivity contribution in [3.05, 3.63) is 52.0 Å². The van der Waals surface area contributed by atoms with Crippen LogP contribution in [0.4, 0.5) is 17.1 Å². The van der Waals surface area contributed by atoms with E-state index in [0.717, 1.165) is 10.2 Å². The highest BCUT2D eigenvalue weighted by molar-refractivity contribution is 9.10. The third-order valence-corrected chi connectivity index (χ3v) is 3.56. The Morgan fingerprint density at radius 2 is 1.95 bits per heavy atom. The van der Waals surface area contributed by atoms with Gasteiger partial charge in [0.1, 0.15) is 0 Å². The van der Waals surface area contributed by atoms with Crippen molar-refractivity contribution < 1.29 is 4.79 Å². The number of rotatable bonds is 3. The first-order valence-electron chi connectivity index (χ1n) is 6.13. The van der Waals surface area contributed by atoms with Crippen molar-refractivity contribution in [1.82, 2.24) is 5.32 Å². The molecule has 0 saturated carbocycles. The number of carbonyl (C=O) groups is 1. The summed E-state index contributed by atoms with van der Waals surface area (Å²) < 4.78 is 0.760. The smallest absolute Gasteiger partial charge is 0.251 e. The van der Waals surface area contributed by atoms with Gasteiger partial charge in [-0.25, -0.2) is 0 Å². The van der Waals surface area contributed by atoms with Crippen LogP contribution in [-0.2, 0) is 0 Å². The van der Waals surface area contributed by atoms with Crippen LogP contribution in [0.3, 0.4) is 0 Å². The Bertz CT molecular complexity index is 737. The van der Waals surface area contributed by atoms with Crippen molar-refractivity contribution in [2.75, 3.05) is 18.1 Å². The predicted molar refractivity (Wildman–Crippen MR) is 86.4 cm³/mol.